The first-order valence-corrected chi connectivity index (χ1v) is 7.70. The Hall–Kier alpha value is -3.09. The van der Waals surface area contributed by atoms with Crippen LogP contribution in [-0.4, -0.2) is 18.5 Å². The Morgan fingerprint density at radius 3 is 2.38 bits per heavy atom. The predicted molar refractivity (Wildman–Crippen MR) is 89.3 cm³/mol. The summed E-state index contributed by atoms with van der Waals surface area (Å²) in [4.78, 5) is 23.3. The molecule has 0 bridgehead atoms. The summed E-state index contributed by atoms with van der Waals surface area (Å²) in [7, 11) is 0. The molecule has 7 heteroatoms. The van der Waals surface area contributed by atoms with Crippen LogP contribution in [0, 0.1) is 17.5 Å². The summed E-state index contributed by atoms with van der Waals surface area (Å²) >= 11 is 0. The molecular weight excluding hydrogens is 347 g/mol. The zero-order chi connectivity index (χ0) is 19.1. The van der Waals surface area contributed by atoms with Crippen molar-refractivity contribution in [3.8, 4) is 0 Å². The maximum absolute atomic E-state index is 13.6. The van der Waals surface area contributed by atoms with E-state index in [2.05, 4.69) is 5.32 Å². The molecule has 0 aliphatic carbocycles. The SMILES string of the molecule is C[C@H](NC(=O)COC(=O)/C=C/c1ccc(F)cc1)c1ccc(F)cc1F. The third-order valence-electron chi connectivity index (χ3n) is 3.43. The van der Waals surface area contributed by atoms with E-state index in [0.717, 1.165) is 18.2 Å². The highest BCUT2D eigenvalue weighted by molar-refractivity contribution is 5.89. The normalized spacial score (nSPS) is 12.0. The molecule has 0 radical (unpaired) electrons. The number of halogens is 3. The molecule has 1 atom stereocenters. The van der Waals surface area contributed by atoms with E-state index >= 15 is 0 Å². The molecule has 0 heterocycles. The van der Waals surface area contributed by atoms with Crippen LogP contribution in [0.4, 0.5) is 13.2 Å². The number of carbonyl (C=O) groups is 2. The van der Waals surface area contributed by atoms with Gasteiger partial charge in [-0.3, -0.25) is 4.79 Å². The van der Waals surface area contributed by atoms with E-state index in [0.29, 0.717) is 5.56 Å². The van der Waals surface area contributed by atoms with Gasteiger partial charge in [0.1, 0.15) is 17.5 Å². The van der Waals surface area contributed by atoms with Crippen LogP contribution in [0.15, 0.2) is 48.5 Å². The molecule has 2 aromatic carbocycles. The molecule has 4 nitrogen and oxygen atoms in total. The highest BCUT2D eigenvalue weighted by Crippen LogP contribution is 2.17. The third-order valence-corrected chi connectivity index (χ3v) is 3.43. The Bertz CT molecular complexity index is 819. The Morgan fingerprint density at radius 1 is 1.08 bits per heavy atom. The van der Waals surface area contributed by atoms with Crippen LogP contribution in [0.25, 0.3) is 6.08 Å². The zero-order valence-electron chi connectivity index (χ0n) is 13.8. The van der Waals surface area contributed by atoms with Crippen molar-refractivity contribution in [3.63, 3.8) is 0 Å². The fourth-order valence-electron chi connectivity index (χ4n) is 2.14. The first kappa shape index (κ1) is 19.2. The average Bonchev–Trinajstić information content (AvgIpc) is 2.59. The van der Waals surface area contributed by atoms with Crippen LogP contribution in [0.3, 0.4) is 0 Å². The van der Waals surface area contributed by atoms with E-state index in [4.69, 9.17) is 4.74 Å². The van der Waals surface area contributed by atoms with Gasteiger partial charge in [0.15, 0.2) is 6.61 Å². The molecule has 136 valence electrons. The molecule has 1 N–H and O–H groups in total. The van der Waals surface area contributed by atoms with Gasteiger partial charge in [0, 0.05) is 17.7 Å². The first-order chi connectivity index (χ1) is 12.3. The van der Waals surface area contributed by atoms with Crippen molar-refractivity contribution < 1.29 is 27.5 Å². The largest absolute Gasteiger partial charge is 0.452 e. The standard InChI is InChI=1S/C19H16F3NO3/c1-12(16-8-7-15(21)10-17(16)22)23-18(24)11-26-19(25)9-4-13-2-5-14(20)6-3-13/h2-10,12H,11H2,1H3,(H,23,24)/b9-4+/t12-/m0/s1. The minimum Gasteiger partial charge on any atom is -0.452 e. The second-order valence-corrected chi connectivity index (χ2v) is 5.45. The second kappa shape index (κ2) is 8.84. The second-order valence-electron chi connectivity index (χ2n) is 5.45. The van der Waals surface area contributed by atoms with Gasteiger partial charge in [-0.05, 0) is 36.8 Å². The number of benzene rings is 2. The number of nitrogens with one attached hydrogen (secondary N) is 1. The summed E-state index contributed by atoms with van der Waals surface area (Å²) in [6.07, 6.45) is 2.51. The molecule has 1 amide bonds. The molecule has 0 fully saturated rings. The first-order valence-electron chi connectivity index (χ1n) is 7.70. The Kier molecular flexibility index (Phi) is 6.54. The van der Waals surface area contributed by atoms with Crippen LogP contribution >= 0.6 is 0 Å². The lowest BCUT2D eigenvalue weighted by molar-refractivity contribution is -0.144. The van der Waals surface area contributed by atoms with Crippen molar-refractivity contribution in [2.45, 2.75) is 13.0 Å². The number of esters is 1. The van der Waals surface area contributed by atoms with Gasteiger partial charge in [-0.25, -0.2) is 18.0 Å². The van der Waals surface area contributed by atoms with Crippen molar-refractivity contribution in [2.75, 3.05) is 6.61 Å². The van der Waals surface area contributed by atoms with E-state index < -0.39 is 42.0 Å². The Morgan fingerprint density at radius 2 is 1.73 bits per heavy atom. The van der Waals surface area contributed by atoms with Gasteiger partial charge in [0.05, 0.1) is 6.04 Å². The van der Waals surface area contributed by atoms with Crippen molar-refractivity contribution in [3.05, 3.63) is 77.1 Å². The molecule has 2 aromatic rings. The third kappa shape index (κ3) is 5.77. The zero-order valence-corrected chi connectivity index (χ0v) is 13.8. The summed E-state index contributed by atoms with van der Waals surface area (Å²) in [5, 5.41) is 2.45. The number of rotatable bonds is 6. The highest BCUT2D eigenvalue weighted by atomic mass is 19.1. The number of hydrogen-bond acceptors (Lipinski definition) is 3. The lowest BCUT2D eigenvalue weighted by Crippen LogP contribution is -2.31. The molecule has 0 aliphatic heterocycles. The average molecular weight is 363 g/mol. The smallest absolute Gasteiger partial charge is 0.331 e. The minimum atomic E-state index is -0.781. The number of hydrogen-bond donors (Lipinski definition) is 1. The Balaban J connectivity index is 1.82. The van der Waals surface area contributed by atoms with Crippen LogP contribution in [0.2, 0.25) is 0 Å². The number of amides is 1. The van der Waals surface area contributed by atoms with Crippen LogP contribution in [-0.2, 0) is 14.3 Å². The van der Waals surface area contributed by atoms with Crippen molar-refractivity contribution in [1.29, 1.82) is 0 Å². The van der Waals surface area contributed by atoms with Crippen LogP contribution in [0.1, 0.15) is 24.1 Å². The van der Waals surface area contributed by atoms with E-state index in [1.54, 1.807) is 0 Å². The van der Waals surface area contributed by atoms with Crippen molar-refractivity contribution in [1.82, 2.24) is 5.32 Å². The monoisotopic (exact) mass is 363 g/mol. The molecule has 0 aliphatic rings. The predicted octanol–water partition coefficient (Wildman–Crippen LogP) is 3.54. The summed E-state index contributed by atoms with van der Waals surface area (Å²) in [6.45, 7) is 0.963. The van der Waals surface area contributed by atoms with Gasteiger partial charge in [-0.1, -0.05) is 18.2 Å². The molecule has 0 saturated carbocycles. The fraction of sp³-hybridized carbons (Fsp3) is 0.158. The topological polar surface area (TPSA) is 55.4 Å². The highest BCUT2D eigenvalue weighted by Gasteiger charge is 2.15. The quantitative estimate of drug-likeness (QED) is 0.631. The van der Waals surface area contributed by atoms with Crippen molar-refractivity contribution in [2.24, 2.45) is 0 Å². The number of carbonyl (C=O) groups excluding carboxylic acids is 2. The molecule has 2 rings (SSSR count). The molecule has 0 unspecified atom stereocenters. The summed E-state index contributed by atoms with van der Waals surface area (Å²) in [5.74, 6) is -3.29. The van der Waals surface area contributed by atoms with Gasteiger partial charge in [0.2, 0.25) is 0 Å². The molecule has 26 heavy (non-hydrogen) atoms. The lowest BCUT2D eigenvalue weighted by atomic mass is 10.1. The van der Waals surface area contributed by atoms with Gasteiger partial charge >= 0.3 is 5.97 Å². The fourth-order valence-corrected chi connectivity index (χ4v) is 2.14. The maximum atomic E-state index is 13.6. The van der Waals surface area contributed by atoms with E-state index in [1.165, 1.54) is 43.3 Å². The summed E-state index contributed by atoms with van der Waals surface area (Å²) in [5.41, 5.74) is 0.704. The maximum Gasteiger partial charge on any atom is 0.331 e. The van der Waals surface area contributed by atoms with Crippen LogP contribution < -0.4 is 5.32 Å². The lowest BCUT2D eigenvalue weighted by Gasteiger charge is -2.15. The summed E-state index contributed by atoms with van der Waals surface area (Å²) < 4.78 is 44.1. The van der Waals surface area contributed by atoms with Gasteiger partial charge < -0.3 is 10.1 Å². The molecule has 0 aromatic heterocycles. The van der Waals surface area contributed by atoms with E-state index in [1.807, 2.05) is 0 Å². The van der Waals surface area contributed by atoms with Crippen molar-refractivity contribution >= 4 is 18.0 Å². The van der Waals surface area contributed by atoms with Gasteiger partial charge in [-0.2, -0.15) is 0 Å². The summed E-state index contributed by atoms with van der Waals surface area (Å²) in [6, 6.07) is 7.75. The molecular formula is C19H16F3NO3. The minimum absolute atomic E-state index is 0.113. The number of ether oxygens (including phenoxy) is 1. The Labute approximate surface area is 148 Å². The van der Waals surface area contributed by atoms with E-state index in [9.17, 15) is 22.8 Å². The molecule has 0 spiro atoms. The van der Waals surface area contributed by atoms with Gasteiger partial charge in [-0.15, -0.1) is 0 Å². The molecule has 0 saturated heterocycles. The van der Waals surface area contributed by atoms with Gasteiger partial charge in [0.25, 0.3) is 5.91 Å². The van der Waals surface area contributed by atoms with E-state index in [-0.39, 0.29) is 5.56 Å². The van der Waals surface area contributed by atoms with Crippen LogP contribution in [0.5, 0.6) is 0 Å².